The lowest BCUT2D eigenvalue weighted by Crippen LogP contribution is -1.75. The van der Waals surface area contributed by atoms with Gasteiger partial charge in [0.1, 0.15) is 0 Å². The predicted molar refractivity (Wildman–Crippen MR) is 30.0 cm³/mol. The molecule has 42 valence electrons. The number of hydrogen-bond donors (Lipinski definition) is 2. The summed E-state index contributed by atoms with van der Waals surface area (Å²) in [4.78, 5) is 0. The molecule has 2 radical (unpaired) electrons. The highest BCUT2D eigenvalue weighted by molar-refractivity contribution is 5.95. The number of aliphatic hydroxyl groups excluding tert-OH is 1. The second-order valence-corrected chi connectivity index (χ2v) is 1.08. The van der Waals surface area contributed by atoms with E-state index in [4.69, 9.17) is 10.1 Å². The van der Waals surface area contributed by atoms with Gasteiger partial charge in [-0.05, 0) is 6.42 Å². The first-order chi connectivity index (χ1) is 3.41. The molecule has 2 nitrogen and oxygen atoms in total. The van der Waals surface area contributed by atoms with E-state index in [1.807, 2.05) is 0 Å². The van der Waals surface area contributed by atoms with Crippen molar-refractivity contribution >= 4 is 8.05 Å². The minimum atomic E-state index is 0.344. The van der Waals surface area contributed by atoms with Crippen LogP contribution >= 0.6 is 0 Å². The maximum absolute atomic E-state index is 8.07. The van der Waals surface area contributed by atoms with Crippen molar-refractivity contribution in [3.8, 4) is 0 Å². The monoisotopic (exact) mass is 102 g/mol. The van der Waals surface area contributed by atoms with Gasteiger partial charge in [0.25, 0.3) is 8.05 Å². The fraction of sp³-hybridized carbons (Fsp3) is 1.00. The van der Waals surface area contributed by atoms with Gasteiger partial charge >= 0.3 is 0 Å². The van der Waals surface area contributed by atoms with Crippen LogP contribution in [0.5, 0.6) is 0 Å². The third-order valence-electron chi connectivity index (χ3n) is 0.512. The molecule has 0 rings (SSSR count). The summed E-state index contributed by atoms with van der Waals surface area (Å²) in [7, 11) is 3.50. The van der Waals surface area contributed by atoms with Crippen molar-refractivity contribution in [2.75, 3.05) is 6.61 Å². The van der Waals surface area contributed by atoms with Crippen LogP contribution in [-0.2, 0) is 0 Å². The minimum absolute atomic E-state index is 0.344. The number of hydrogen-bond acceptors (Lipinski definition) is 2. The molecule has 2 N–H and O–H groups in total. The maximum Gasteiger partial charge on any atom is 0.277 e. The van der Waals surface area contributed by atoms with Crippen molar-refractivity contribution in [3.63, 3.8) is 0 Å². The van der Waals surface area contributed by atoms with Crippen LogP contribution in [0.4, 0.5) is 0 Å². The summed E-state index contributed by atoms with van der Waals surface area (Å²) in [6.07, 6.45) is 2.04. The summed E-state index contributed by atoms with van der Waals surface area (Å²) in [5.41, 5.74) is 0. The molecule has 3 heteroatoms. The van der Waals surface area contributed by atoms with Crippen LogP contribution in [-0.4, -0.2) is 24.8 Å². The Balaban J connectivity index is 0. The molecule has 0 bridgehead atoms. The van der Waals surface area contributed by atoms with Gasteiger partial charge in [-0.2, -0.15) is 0 Å². The molecule has 0 amide bonds. The van der Waals surface area contributed by atoms with Gasteiger partial charge < -0.3 is 10.1 Å². The van der Waals surface area contributed by atoms with E-state index >= 15 is 0 Å². The van der Waals surface area contributed by atoms with Crippen molar-refractivity contribution in [1.82, 2.24) is 0 Å². The molecule has 0 aliphatic rings. The zero-order valence-corrected chi connectivity index (χ0v) is 4.59. The zero-order chi connectivity index (χ0) is 6.12. The Hall–Kier alpha value is -0.0151. The van der Waals surface area contributed by atoms with Crippen LogP contribution in [0, 0.1) is 0 Å². The molecule has 0 saturated heterocycles. The van der Waals surface area contributed by atoms with Crippen LogP contribution in [0.25, 0.3) is 0 Å². The van der Waals surface area contributed by atoms with Gasteiger partial charge in [-0.25, -0.2) is 0 Å². The summed E-state index contributed by atoms with van der Waals surface area (Å²) in [6.45, 7) is 2.40. The number of rotatable bonds is 2. The summed E-state index contributed by atoms with van der Waals surface area (Å²) in [5, 5.41) is 14.6. The van der Waals surface area contributed by atoms with Gasteiger partial charge in [0, 0.05) is 6.61 Å². The van der Waals surface area contributed by atoms with Gasteiger partial charge in [0.05, 0.1) is 0 Å². The molecule has 0 atom stereocenters. The second-order valence-electron chi connectivity index (χ2n) is 1.08. The Morgan fingerprint density at radius 2 is 1.86 bits per heavy atom. The van der Waals surface area contributed by atoms with Crippen molar-refractivity contribution in [1.29, 1.82) is 0 Å². The molecular weight excluding hydrogens is 90.9 g/mol. The zero-order valence-electron chi connectivity index (χ0n) is 4.59. The summed E-state index contributed by atoms with van der Waals surface area (Å²) >= 11 is 0. The first-order valence-corrected chi connectivity index (χ1v) is 2.28. The van der Waals surface area contributed by atoms with Crippen molar-refractivity contribution in [3.05, 3.63) is 0 Å². The minimum Gasteiger partial charge on any atom is -0.461 e. The third kappa shape index (κ3) is 24.1. The number of aliphatic hydroxyl groups is 1. The van der Waals surface area contributed by atoms with E-state index in [0.717, 1.165) is 12.8 Å². The summed E-state index contributed by atoms with van der Waals surface area (Å²) in [6, 6.07) is 0. The summed E-state index contributed by atoms with van der Waals surface area (Å²) < 4.78 is 0. The molecule has 0 spiro atoms. The average molecular weight is 102 g/mol. The van der Waals surface area contributed by atoms with E-state index in [1.165, 1.54) is 0 Å². The van der Waals surface area contributed by atoms with E-state index in [-0.39, 0.29) is 0 Å². The summed E-state index contributed by atoms with van der Waals surface area (Å²) in [5.74, 6) is 0. The Bertz CT molecular complexity index is 17.2. The normalized spacial score (nSPS) is 6.71. The highest BCUT2D eigenvalue weighted by atomic mass is 16.2. The van der Waals surface area contributed by atoms with Crippen LogP contribution in [0.15, 0.2) is 0 Å². The molecule has 0 fully saturated rings. The highest BCUT2D eigenvalue weighted by Gasteiger charge is 1.69. The van der Waals surface area contributed by atoms with E-state index < -0.39 is 0 Å². The van der Waals surface area contributed by atoms with Crippen LogP contribution < -0.4 is 0 Å². The molecule has 0 aliphatic heterocycles. The molecular formula is C4H11BO2. The first-order valence-electron chi connectivity index (χ1n) is 2.28. The van der Waals surface area contributed by atoms with Gasteiger partial charge in [0.2, 0.25) is 0 Å². The topological polar surface area (TPSA) is 40.5 Å². The fourth-order valence-electron chi connectivity index (χ4n) is 0.158. The van der Waals surface area contributed by atoms with E-state index in [9.17, 15) is 0 Å². The lowest BCUT2D eigenvalue weighted by molar-refractivity contribution is 0.287. The quantitative estimate of drug-likeness (QED) is 0.475. The fourth-order valence-corrected chi connectivity index (χ4v) is 0.158. The standard InChI is InChI=1S/C4H10O.BHO/c1-2-3-4-5;1-2/h5H,2-4H2,1H3;2H. The second kappa shape index (κ2) is 16.7. The molecule has 0 aliphatic carbocycles. The largest absolute Gasteiger partial charge is 0.461 e. The van der Waals surface area contributed by atoms with Gasteiger partial charge in [-0.3, -0.25) is 0 Å². The smallest absolute Gasteiger partial charge is 0.277 e. The van der Waals surface area contributed by atoms with Crippen LogP contribution in [0.3, 0.4) is 0 Å². The van der Waals surface area contributed by atoms with Crippen LogP contribution in [0.1, 0.15) is 19.8 Å². The number of unbranched alkanes of at least 4 members (excludes halogenated alkanes) is 1. The Labute approximate surface area is 45.6 Å². The van der Waals surface area contributed by atoms with Gasteiger partial charge in [-0.1, -0.05) is 13.3 Å². The maximum atomic E-state index is 8.07. The first kappa shape index (κ1) is 10.1. The predicted octanol–water partition coefficient (Wildman–Crippen LogP) is -0.159. The molecule has 0 aromatic rings. The van der Waals surface area contributed by atoms with Crippen LogP contribution in [0.2, 0.25) is 0 Å². The molecule has 0 heterocycles. The van der Waals surface area contributed by atoms with E-state index in [2.05, 4.69) is 15.0 Å². The molecule has 0 aromatic heterocycles. The Kier molecular flexibility index (Phi) is 24.0. The van der Waals surface area contributed by atoms with E-state index in [0.29, 0.717) is 6.61 Å². The third-order valence-corrected chi connectivity index (χ3v) is 0.512. The lowest BCUT2D eigenvalue weighted by Gasteiger charge is -1.79. The average Bonchev–Trinajstić information content (AvgIpc) is 1.75. The van der Waals surface area contributed by atoms with Crippen molar-refractivity contribution in [2.24, 2.45) is 0 Å². The Morgan fingerprint density at radius 1 is 1.43 bits per heavy atom. The molecule has 7 heavy (non-hydrogen) atoms. The highest BCUT2D eigenvalue weighted by Crippen LogP contribution is 1.78. The Morgan fingerprint density at radius 3 is 1.86 bits per heavy atom. The van der Waals surface area contributed by atoms with E-state index in [1.54, 1.807) is 0 Å². The van der Waals surface area contributed by atoms with Crippen molar-refractivity contribution in [2.45, 2.75) is 19.8 Å². The SMILES string of the molecule is CCCCO.[B]O. The van der Waals surface area contributed by atoms with Crippen molar-refractivity contribution < 1.29 is 10.1 Å². The lowest BCUT2D eigenvalue weighted by atomic mass is 10.4. The van der Waals surface area contributed by atoms with Gasteiger partial charge in [0.15, 0.2) is 0 Å². The molecule has 0 unspecified atom stereocenters. The van der Waals surface area contributed by atoms with Gasteiger partial charge in [-0.15, -0.1) is 0 Å². The molecule has 0 aromatic carbocycles. The molecule has 0 saturated carbocycles.